The quantitative estimate of drug-likeness (QED) is 0.674. The predicted molar refractivity (Wildman–Crippen MR) is 110 cm³/mol. The van der Waals surface area contributed by atoms with Crippen molar-refractivity contribution in [1.82, 2.24) is 9.97 Å². The first kappa shape index (κ1) is 19.1. The molecule has 0 bridgehead atoms. The first-order valence-corrected chi connectivity index (χ1v) is 8.98. The average molecular weight is 371 g/mol. The average Bonchev–Trinajstić information content (AvgIpc) is 2.70. The van der Waals surface area contributed by atoms with Crippen molar-refractivity contribution < 1.29 is 4.79 Å². The van der Waals surface area contributed by atoms with Gasteiger partial charge < -0.3 is 10.6 Å². The molecule has 0 aliphatic carbocycles. The minimum Gasteiger partial charge on any atom is -0.338 e. The minimum absolute atomic E-state index is 0.173. The topological polar surface area (TPSA) is 90.7 Å². The highest BCUT2D eigenvalue weighted by Crippen LogP contribution is 2.29. The van der Waals surface area contributed by atoms with E-state index in [9.17, 15) is 4.79 Å². The number of nitrogens with zero attached hydrogens (tertiary/aromatic N) is 3. The molecule has 3 aromatic rings. The molecule has 0 aliphatic rings. The summed E-state index contributed by atoms with van der Waals surface area (Å²) in [7, 11) is 0. The van der Waals surface area contributed by atoms with E-state index in [0.29, 0.717) is 23.0 Å². The number of aromatic nitrogens is 2. The maximum Gasteiger partial charge on any atom is 0.275 e. The molecule has 0 saturated carbocycles. The number of hydrogen-bond donors (Lipinski definition) is 2. The number of carbonyl (C=O) groups is 1. The van der Waals surface area contributed by atoms with Crippen LogP contribution in [0.5, 0.6) is 0 Å². The van der Waals surface area contributed by atoms with Gasteiger partial charge in [-0.15, -0.1) is 0 Å². The van der Waals surface area contributed by atoms with Gasteiger partial charge in [0.1, 0.15) is 17.6 Å². The van der Waals surface area contributed by atoms with Crippen LogP contribution in [-0.2, 0) is 0 Å². The Labute approximate surface area is 164 Å². The van der Waals surface area contributed by atoms with E-state index < -0.39 is 5.91 Å². The number of nitriles is 1. The zero-order valence-corrected chi connectivity index (χ0v) is 16.0. The van der Waals surface area contributed by atoms with Gasteiger partial charge in [0.15, 0.2) is 0 Å². The van der Waals surface area contributed by atoms with Crippen molar-refractivity contribution in [2.24, 2.45) is 0 Å². The van der Waals surface area contributed by atoms with E-state index >= 15 is 0 Å². The number of benzene rings is 2. The number of hydrogen-bond acceptors (Lipinski definition) is 5. The summed E-state index contributed by atoms with van der Waals surface area (Å²) >= 11 is 0. The standard InChI is InChI=1S/C22H21N5O/c1-14(2)17-9-6-7-15(3)21(17)27-20-13-24-19(12-25-20)22(28)26-18-10-5-4-8-16(18)11-23/h4-10,12-14H,1-3H3,(H,25,27)(H,26,28). The fourth-order valence-electron chi connectivity index (χ4n) is 2.86. The van der Waals surface area contributed by atoms with Gasteiger partial charge in [-0.3, -0.25) is 4.79 Å². The number of nitrogens with one attached hydrogen (secondary N) is 2. The van der Waals surface area contributed by atoms with Gasteiger partial charge in [-0.1, -0.05) is 44.2 Å². The lowest BCUT2D eigenvalue weighted by molar-refractivity contribution is 0.102. The molecular formula is C22H21N5O. The van der Waals surface area contributed by atoms with Crippen LogP contribution in [0.15, 0.2) is 54.9 Å². The molecule has 140 valence electrons. The summed E-state index contributed by atoms with van der Waals surface area (Å²) < 4.78 is 0. The lowest BCUT2D eigenvalue weighted by Gasteiger charge is -2.16. The third kappa shape index (κ3) is 4.15. The SMILES string of the molecule is Cc1cccc(C(C)C)c1Nc1cnc(C(=O)Nc2ccccc2C#N)cn1. The predicted octanol–water partition coefficient (Wildman–Crippen LogP) is 4.78. The smallest absolute Gasteiger partial charge is 0.275 e. The monoisotopic (exact) mass is 371 g/mol. The van der Waals surface area contributed by atoms with Crippen molar-refractivity contribution in [2.45, 2.75) is 26.7 Å². The zero-order valence-electron chi connectivity index (χ0n) is 16.0. The van der Waals surface area contributed by atoms with Gasteiger partial charge in [0.2, 0.25) is 0 Å². The van der Waals surface area contributed by atoms with Crippen LogP contribution in [0.1, 0.15) is 46.9 Å². The third-order valence-electron chi connectivity index (χ3n) is 4.36. The van der Waals surface area contributed by atoms with E-state index in [1.54, 1.807) is 24.3 Å². The van der Waals surface area contributed by atoms with Gasteiger partial charge in [-0.2, -0.15) is 5.26 Å². The van der Waals surface area contributed by atoms with Gasteiger partial charge in [0.05, 0.1) is 23.6 Å². The molecule has 6 heteroatoms. The first-order chi connectivity index (χ1) is 13.5. The number of aryl methyl sites for hydroxylation is 1. The van der Waals surface area contributed by atoms with E-state index in [4.69, 9.17) is 5.26 Å². The summed E-state index contributed by atoms with van der Waals surface area (Å²) in [6.45, 7) is 6.31. The second-order valence-corrected chi connectivity index (χ2v) is 6.72. The summed E-state index contributed by atoms with van der Waals surface area (Å²) in [5.74, 6) is 0.506. The van der Waals surface area contributed by atoms with E-state index in [0.717, 1.165) is 11.3 Å². The van der Waals surface area contributed by atoms with Crippen molar-refractivity contribution in [3.63, 3.8) is 0 Å². The number of rotatable bonds is 5. The molecule has 0 saturated heterocycles. The molecule has 2 N–H and O–H groups in total. The number of carbonyl (C=O) groups excluding carboxylic acids is 1. The van der Waals surface area contributed by atoms with Crippen molar-refractivity contribution in [1.29, 1.82) is 5.26 Å². The molecular weight excluding hydrogens is 350 g/mol. The summed E-state index contributed by atoms with van der Waals surface area (Å²) in [5.41, 5.74) is 4.32. The fraction of sp³-hybridized carbons (Fsp3) is 0.182. The molecule has 0 atom stereocenters. The second-order valence-electron chi connectivity index (χ2n) is 6.72. The Morgan fingerprint density at radius 2 is 1.86 bits per heavy atom. The highest BCUT2D eigenvalue weighted by Gasteiger charge is 2.13. The molecule has 1 aromatic heterocycles. The normalized spacial score (nSPS) is 10.4. The van der Waals surface area contributed by atoms with E-state index in [1.165, 1.54) is 18.0 Å². The zero-order chi connectivity index (χ0) is 20.1. The molecule has 2 aromatic carbocycles. The van der Waals surface area contributed by atoms with Crippen molar-refractivity contribution in [3.8, 4) is 6.07 Å². The van der Waals surface area contributed by atoms with Gasteiger partial charge in [0.25, 0.3) is 5.91 Å². The van der Waals surface area contributed by atoms with Crippen LogP contribution in [-0.4, -0.2) is 15.9 Å². The van der Waals surface area contributed by atoms with Crippen LogP contribution in [0.4, 0.5) is 17.2 Å². The Morgan fingerprint density at radius 1 is 1.07 bits per heavy atom. The highest BCUT2D eigenvalue weighted by atomic mass is 16.1. The Bertz CT molecular complexity index is 1040. The van der Waals surface area contributed by atoms with E-state index in [2.05, 4.69) is 40.5 Å². The van der Waals surface area contributed by atoms with Crippen molar-refractivity contribution in [3.05, 3.63) is 77.2 Å². The Balaban J connectivity index is 1.78. The van der Waals surface area contributed by atoms with Crippen LogP contribution >= 0.6 is 0 Å². The summed E-state index contributed by atoms with van der Waals surface area (Å²) in [4.78, 5) is 20.9. The Hall–Kier alpha value is -3.72. The molecule has 0 aliphatic heterocycles. The van der Waals surface area contributed by atoms with Crippen molar-refractivity contribution in [2.75, 3.05) is 10.6 Å². The number of amides is 1. The van der Waals surface area contributed by atoms with Gasteiger partial charge in [-0.05, 0) is 36.1 Å². The van der Waals surface area contributed by atoms with E-state index in [-0.39, 0.29) is 5.69 Å². The molecule has 0 radical (unpaired) electrons. The number of anilines is 3. The highest BCUT2D eigenvalue weighted by molar-refractivity contribution is 6.03. The molecule has 1 amide bonds. The molecule has 1 heterocycles. The summed E-state index contributed by atoms with van der Waals surface area (Å²) in [5, 5.41) is 15.1. The van der Waals surface area contributed by atoms with Crippen LogP contribution < -0.4 is 10.6 Å². The molecule has 0 spiro atoms. The molecule has 28 heavy (non-hydrogen) atoms. The summed E-state index contributed by atoms with van der Waals surface area (Å²) in [6, 6.07) is 15.0. The molecule has 0 unspecified atom stereocenters. The Morgan fingerprint density at radius 3 is 2.54 bits per heavy atom. The van der Waals surface area contributed by atoms with Gasteiger partial charge in [-0.25, -0.2) is 9.97 Å². The Kier molecular flexibility index (Phi) is 5.66. The molecule has 6 nitrogen and oxygen atoms in total. The van der Waals surface area contributed by atoms with Gasteiger partial charge >= 0.3 is 0 Å². The largest absolute Gasteiger partial charge is 0.338 e. The van der Waals surface area contributed by atoms with Gasteiger partial charge in [0, 0.05) is 5.69 Å². The van der Waals surface area contributed by atoms with E-state index in [1.807, 2.05) is 25.1 Å². The maximum atomic E-state index is 12.4. The third-order valence-corrected chi connectivity index (χ3v) is 4.36. The minimum atomic E-state index is -0.416. The molecule has 0 fully saturated rings. The fourth-order valence-corrected chi connectivity index (χ4v) is 2.86. The lowest BCUT2D eigenvalue weighted by Crippen LogP contribution is -2.15. The van der Waals surface area contributed by atoms with Crippen molar-refractivity contribution >= 4 is 23.1 Å². The van der Waals surface area contributed by atoms with Crippen LogP contribution in [0.2, 0.25) is 0 Å². The molecule has 3 rings (SSSR count). The van der Waals surface area contributed by atoms with Crippen LogP contribution in [0.25, 0.3) is 0 Å². The lowest BCUT2D eigenvalue weighted by atomic mass is 9.98. The van der Waals surface area contributed by atoms with Crippen LogP contribution in [0.3, 0.4) is 0 Å². The maximum absolute atomic E-state index is 12.4. The second kappa shape index (κ2) is 8.31. The van der Waals surface area contributed by atoms with Crippen LogP contribution in [0, 0.1) is 18.3 Å². The first-order valence-electron chi connectivity index (χ1n) is 8.98. The number of para-hydroxylation sites is 2. The summed E-state index contributed by atoms with van der Waals surface area (Å²) in [6.07, 6.45) is 2.95.